The van der Waals surface area contributed by atoms with Gasteiger partial charge in [0.25, 0.3) is 0 Å². The summed E-state index contributed by atoms with van der Waals surface area (Å²) in [6.07, 6.45) is 0. The minimum absolute atomic E-state index is 0.107. The van der Waals surface area contributed by atoms with Gasteiger partial charge in [-0.1, -0.05) is 171 Å². The Morgan fingerprint density at radius 2 is 0.676 bits per heavy atom. The molecule has 10 aromatic carbocycles. The van der Waals surface area contributed by atoms with Crippen LogP contribution >= 0.6 is 22.7 Å². The van der Waals surface area contributed by atoms with E-state index in [2.05, 4.69) is 192 Å². The fraction of sp³-hybridized carbons (Fsp3) is 0. The summed E-state index contributed by atoms with van der Waals surface area (Å²) in [5, 5.41) is 4.90. The quantitative estimate of drug-likeness (QED) is 0.128. The highest BCUT2D eigenvalue weighted by atomic mass is 32.1. The molecule has 0 aliphatic heterocycles. The highest BCUT2D eigenvalue weighted by Crippen LogP contribution is 2.47. The van der Waals surface area contributed by atoms with Crippen LogP contribution in [0.15, 0.2) is 244 Å². The number of hydrogen-bond acceptors (Lipinski definition) is 4. The highest BCUT2D eigenvalue weighted by Gasteiger charge is 2.21. The van der Waals surface area contributed by atoms with Crippen LogP contribution in [0.5, 0.6) is 0 Å². The number of nitrogens with zero attached hydrogens (tertiary/aromatic N) is 2. The number of rotatable bonds is 11. The van der Waals surface area contributed by atoms with Crippen molar-refractivity contribution < 1.29 is 8.22 Å². The molecule has 0 radical (unpaired) electrons. The van der Waals surface area contributed by atoms with E-state index in [-0.39, 0.29) is 12.1 Å². The molecule has 2 heterocycles. The summed E-state index contributed by atoms with van der Waals surface area (Å²) in [6.45, 7) is -1.02. The van der Waals surface area contributed by atoms with E-state index in [1.807, 2.05) is 36.4 Å². The van der Waals surface area contributed by atoms with E-state index in [9.17, 15) is 0 Å². The number of fused-ring (bicyclic) bond motifs is 6. The normalized spacial score (nSPS) is 12.5. The Hall–Kier alpha value is -8.28. The SMILES string of the molecule is [2H]C([2H])=C([2H])c1cccc(-c2ccc(N(c3ccc(-c4ccc(N(c5ccc(-c6cccc(C([2H])=C([2H])[2H])c6)cc5)c5cccc6c5sc5ccccc56)cc4)cc3)c3cccc4c3sc3ccccc34)cc2)c1. The summed E-state index contributed by atoms with van der Waals surface area (Å²) in [4.78, 5) is 4.65. The van der Waals surface area contributed by atoms with E-state index in [1.54, 1.807) is 34.8 Å². The lowest BCUT2D eigenvalue weighted by Gasteiger charge is -2.27. The molecule has 0 saturated heterocycles. The Morgan fingerprint density at radius 1 is 0.338 bits per heavy atom. The van der Waals surface area contributed by atoms with Crippen LogP contribution in [0, 0.1) is 0 Å². The smallest absolute Gasteiger partial charge is 0.0640 e. The maximum Gasteiger partial charge on any atom is 0.0640 e. The van der Waals surface area contributed by atoms with Crippen LogP contribution in [0.3, 0.4) is 0 Å². The first-order chi connectivity index (χ1) is 36.2. The van der Waals surface area contributed by atoms with Crippen molar-refractivity contribution in [2.45, 2.75) is 0 Å². The van der Waals surface area contributed by atoms with E-state index in [0.717, 1.165) is 67.5 Å². The lowest BCUT2D eigenvalue weighted by atomic mass is 10.0. The topological polar surface area (TPSA) is 6.48 Å². The van der Waals surface area contributed by atoms with Gasteiger partial charge in [-0.25, -0.2) is 0 Å². The maximum absolute atomic E-state index is 8.25. The molecule has 0 bridgehead atoms. The number of benzene rings is 10. The van der Waals surface area contributed by atoms with Crippen molar-refractivity contribution >= 4 is 109 Å². The molecule has 0 saturated carbocycles. The predicted octanol–water partition coefficient (Wildman–Crippen LogP) is 19.6. The van der Waals surface area contributed by atoms with Gasteiger partial charge in [-0.3, -0.25) is 0 Å². The zero-order valence-electron chi connectivity index (χ0n) is 42.7. The maximum atomic E-state index is 8.25. The molecule has 12 rings (SSSR count). The molecule has 0 amide bonds. The first-order valence-electron chi connectivity index (χ1n) is 25.5. The van der Waals surface area contributed by atoms with Gasteiger partial charge < -0.3 is 9.80 Å². The minimum Gasteiger partial charge on any atom is -0.309 e. The molecule has 2 nitrogen and oxygen atoms in total. The van der Waals surface area contributed by atoms with Crippen molar-refractivity contribution in [3.63, 3.8) is 0 Å². The zero-order chi connectivity index (χ0) is 50.5. The van der Waals surface area contributed by atoms with Crippen LogP contribution in [0.4, 0.5) is 34.1 Å². The van der Waals surface area contributed by atoms with Crippen molar-refractivity contribution in [2.75, 3.05) is 9.80 Å². The van der Waals surface area contributed by atoms with Crippen LogP contribution in [0.1, 0.15) is 19.4 Å². The van der Waals surface area contributed by atoms with Crippen molar-refractivity contribution in [3.8, 4) is 33.4 Å². The molecule has 0 N–H and O–H groups in total. The van der Waals surface area contributed by atoms with E-state index < -0.39 is 13.1 Å². The van der Waals surface area contributed by atoms with E-state index >= 15 is 0 Å². The van der Waals surface area contributed by atoms with Crippen LogP contribution < -0.4 is 9.80 Å². The van der Waals surface area contributed by atoms with Gasteiger partial charge in [-0.15, -0.1) is 22.7 Å². The van der Waals surface area contributed by atoms with E-state index in [4.69, 9.17) is 8.22 Å². The van der Waals surface area contributed by atoms with Crippen LogP contribution in [0.25, 0.3) is 85.8 Å². The number of thiophene rings is 2. The number of hydrogen-bond donors (Lipinski definition) is 0. The first kappa shape index (κ1) is 35.0. The van der Waals surface area contributed by atoms with E-state index in [1.165, 1.54) is 40.3 Å². The molecular weight excluding hydrogens is 861 g/mol. The summed E-state index contributed by atoms with van der Waals surface area (Å²) in [7, 11) is 0. The average molecular weight is 911 g/mol. The Bertz CT molecular complexity index is 3860. The third kappa shape index (κ3) is 7.46. The molecule has 0 aliphatic rings. The fourth-order valence-electron chi connectivity index (χ4n) is 9.44. The summed E-state index contributed by atoms with van der Waals surface area (Å²) in [5.74, 6) is 0. The summed E-state index contributed by atoms with van der Waals surface area (Å²) < 4.78 is 52.2. The van der Waals surface area contributed by atoms with Gasteiger partial charge in [0.05, 0.1) is 29.0 Å². The van der Waals surface area contributed by atoms with Gasteiger partial charge in [0.15, 0.2) is 0 Å². The Labute approximate surface area is 413 Å². The van der Waals surface area contributed by atoms with Crippen molar-refractivity contribution in [2.24, 2.45) is 0 Å². The molecule has 0 unspecified atom stereocenters. The lowest BCUT2D eigenvalue weighted by molar-refractivity contribution is 1.30. The van der Waals surface area contributed by atoms with Crippen LogP contribution in [-0.4, -0.2) is 0 Å². The molecule has 0 spiro atoms. The minimum atomic E-state index is -0.511. The van der Waals surface area contributed by atoms with Gasteiger partial charge in [0.2, 0.25) is 0 Å². The first-order valence-corrected chi connectivity index (χ1v) is 24.1. The Balaban J connectivity index is 0.910. The molecule has 0 fully saturated rings. The van der Waals surface area contributed by atoms with Crippen LogP contribution in [-0.2, 0) is 0 Å². The zero-order valence-corrected chi connectivity index (χ0v) is 38.3. The molecule has 12 aromatic rings. The highest BCUT2D eigenvalue weighted by molar-refractivity contribution is 7.26. The Kier molecular flexibility index (Phi) is 9.01. The third-order valence-corrected chi connectivity index (χ3v) is 15.2. The third-order valence-electron chi connectivity index (χ3n) is 12.8. The fourth-order valence-corrected chi connectivity index (χ4v) is 11.8. The largest absolute Gasteiger partial charge is 0.309 e. The van der Waals surface area contributed by atoms with Gasteiger partial charge in [-0.05, 0) is 129 Å². The lowest BCUT2D eigenvalue weighted by Crippen LogP contribution is -2.10. The van der Waals surface area contributed by atoms with Crippen molar-refractivity contribution in [1.82, 2.24) is 0 Å². The van der Waals surface area contributed by atoms with Gasteiger partial charge in [0, 0.05) is 53.7 Å². The molecule has 4 heteroatoms. The predicted molar refractivity (Wildman–Crippen MR) is 298 cm³/mol. The standard InChI is InChI=1S/C64H44N2S2/c1-3-43-13-9-15-49(41-43)47-29-37-53(38-30-47)65(59-21-11-19-57-55-17-5-7-23-61(55)67-63(57)59)51-33-25-45(26-34-51)46-27-35-52(36-28-46)66(54-39-31-48(32-40-54)50-16-10-14-44(4-2)42-50)60-22-12-20-58-56-18-6-8-24-62(56)68-64(58)60/h3-42H,1-2H2/i1D2,2D2,3D,4D. The van der Waals surface area contributed by atoms with Crippen molar-refractivity contribution in [1.29, 1.82) is 0 Å². The average Bonchev–Trinajstić information content (AvgIpc) is 4.04. The second kappa shape index (κ2) is 17.5. The Morgan fingerprint density at radius 3 is 1.06 bits per heavy atom. The van der Waals surface area contributed by atoms with Gasteiger partial charge in [-0.2, -0.15) is 0 Å². The summed E-state index contributed by atoms with van der Waals surface area (Å²) >= 11 is 3.60. The molecular formula is C64H44N2S2. The molecule has 68 heavy (non-hydrogen) atoms. The summed E-state index contributed by atoms with van der Waals surface area (Å²) in [5.41, 5.74) is 13.2. The van der Waals surface area contributed by atoms with Crippen molar-refractivity contribution in [3.05, 3.63) is 255 Å². The molecule has 0 atom stereocenters. The molecule has 0 aliphatic carbocycles. The number of anilines is 6. The second-order valence-electron chi connectivity index (χ2n) is 16.8. The van der Waals surface area contributed by atoms with Crippen LogP contribution in [0.2, 0.25) is 0 Å². The molecule has 322 valence electrons. The summed E-state index contributed by atoms with van der Waals surface area (Å²) in [6, 6.07) is 79.5. The molecule has 2 aromatic heterocycles. The van der Waals surface area contributed by atoms with Gasteiger partial charge >= 0.3 is 0 Å². The monoisotopic (exact) mass is 910 g/mol. The second-order valence-corrected chi connectivity index (χ2v) is 18.9. The van der Waals surface area contributed by atoms with Gasteiger partial charge in [0.1, 0.15) is 0 Å². The van der Waals surface area contributed by atoms with E-state index in [0.29, 0.717) is 11.1 Å².